The zero-order chi connectivity index (χ0) is 18.5. The Morgan fingerprint density at radius 2 is 2.08 bits per heavy atom. The molecule has 134 valence electrons. The van der Waals surface area contributed by atoms with Gasteiger partial charge in [0, 0.05) is 38.7 Å². The lowest BCUT2D eigenvalue weighted by Crippen LogP contribution is -2.36. The van der Waals surface area contributed by atoms with Crippen molar-refractivity contribution in [1.82, 2.24) is 25.0 Å². The summed E-state index contributed by atoms with van der Waals surface area (Å²) in [6.45, 7) is 0.737. The Bertz CT molecular complexity index is 881. The minimum Gasteiger partial charge on any atom is -0.334 e. The molecule has 0 aliphatic rings. The van der Waals surface area contributed by atoms with Gasteiger partial charge < -0.3 is 10.2 Å². The topological polar surface area (TPSA) is 63.1 Å². The lowest BCUT2D eigenvalue weighted by atomic mass is 10.2. The molecule has 0 aliphatic heterocycles. The molecule has 0 radical (unpaired) electrons. The summed E-state index contributed by atoms with van der Waals surface area (Å²) in [5.41, 5.74) is 1.69. The molecule has 2 heterocycles. The average molecular weight is 390 g/mol. The highest BCUT2D eigenvalue weighted by Crippen LogP contribution is 2.26. The molecule has 0 unspecified atom stereocenters. The number of carbonyl (C=O) groups excluding carboxylic acids is 1. The summed E-state index contributed by atoms with van der Waals surface area (Å²) in [6.07, 6.45) is 5.22. The van der Waals surface area contributed by atoms with Crippen molar-refractivity contribution in [1.29, 1.82) is 0 Å². The lowest BCUT2D eigenvalue weighted by Gasteiger charge is -2.19. The molecule has 26 heavy (non-hydrogen) atoms. The van der Waals surface area contributed by atoms with Crippen LogP contribution in [0, 0.1) is 0 Å². The van der Waals surface area contributed by atoms with Crippen molar-refractivity contribution in [3.8, 4) is 5.82 Å². The Hall–Kier alpha value is -2.57. The minimum atomic E-state index is -0.211. The number of rotatable bonds is 5. The van der Waals surface area contributed by atoms with E-state index in [1.807, 2.05) is 36.5 Å². The molecule has 0 fully saturated rings. The Morgan fingerprint density at radius 1 is 1.23 bits per heavy atom. The van der Waals surface area contributed by atoms with Crippen LogP contribution in [0.4, 0.5) is 4.79 Å². The number of nitrogens with one attached hydrogen (secondary N) is 1. The lowest BCUT2D eigenvalue weighted by molar-refractivity contribution is 0.206. The molecule has 3 rings (SSSR count). The summed E-state index contributed by atoms with van der Waals surface area (Å²) < 4.78 is 1.67. The third-order valence-corrected chi connectivity index (χ3v) is 4.64. The zero-order valence-corrected chi connectivity index (χ0v) is 15.6. The van der Waals surface area contributed by atoms with Crippen LogP contribution in [-0.4, -0.2) is 32.7 Å². The van der Waals surface area contributed by atoms with E-state index in [9.17, 15) is 4.79 Å². The number of carbonyl (C=O) groups is 1. The van der Waals surface area contributed by atoms with Crippen LogP contribution in [0.5, 0.6) is 0 Å². The first-order chi connectivity index (χ1) is 12.5. The molecule has 2 aromatic heterocycles. The van der Waals surface area contributed by atoms with Crippen molar-refractivity contribution in [2.24, 2.45) is 0 Å². The van der Waals surface area contributed by atoms with Crippen molar-refractivity contribution in [3.63, 3.8) is 0 Å². The van der Waals surface area contributed by atoms with Crippen molar-refractivity contribution < 1.29 is 4.79 Å². The fourth-order valence-corrected chi connectivity index (χ4v) is 2.75. The van der Waals surface area contributed by atoms with Crippen LogP contribution in [0.1, 0.15) is 11.1 Å². The van der Waals surface area contributed by atoms with Gasteiger partial charge in [0.15, 0.2) is 5.82 Å². The summed E-state index contributed by atoms with van der Waals surface area (Å²) in [7, 11) is 1.70. The number of hydrogen-bond acceptors (Lipinski definition) is 3. The molecule has 0 spiro atoms. The molecule has 0 bridgehead atoms. The van der Waals surface area contributed by atoms with Gasteiger partial charge >= 0.3 is 6.03 Å². The summed E-state index contributed by atoms with van der Waals surface area (Å²) in [4.78, 5) is 18.2. The van der Waals surface area contributed by atoms with Gasteiger partial charge in [-0.1, -0.05) is 41.4 Å². The number of urea groups is 1. The molecular weight excluding hydrogens is 373 g/mol. The molecule has 8 heteroatoms. The van der Waals surface area contributed by atoms with E-state index in [0.717, 1.165) is 16.9 Å². The molecule has 0 saturated heterocycles. The first kappa shape index (κ1) is 18.2. The Labute approximate surface area is 161 Å². The summed E-state index contributed by atoms with van der Waals surface area (Å²) in [6, 6.07) is 10.7. The highest BCUT2D eigenvalue weighted by molar-refractivity contribution is 6.42. The molecule has 6 nitrogen and oxygen atoms in total. The van der Waals surface area contributed by atoms with E-state index in [2.05, 4.69) is 15.4 Å². The van der Waals surface area contributed by atoms with E-state index in [0.29, 0.717) is 23.1 Å². The van der Waals surface area contributed by atoms with E-state index < -0.39 is 0 Å². The van der Waals surface area contributed by atoms with Crippen LogP contribution in [0.3, 0.4) is 0 Å². The molecule has 2 amide bonds. The summed E-state index contributed by atoms with van der Waals surface area (Å²) >= 11 is 12.2. The predicted octanol–water partition coefficient (Wildman–Crippen LogP) is 3.92. The second kappa shape index (κ2) is 8.21. The van der Waals surface area contributed by atoms with Crippen molar-refractivity contribution in [2.75, 3.05) is 7.05 Å². The fourth-order valence-electron chi connectivity index (χ4n) is 2.37. The van der Waals surface area contributed by atoms with E-state index >= 15 is 0 Å². The van der Waals surface area contributed by atoms with Gasteiger partial charge in [-0.05, 0) is 29.3 Å². The normalized spacial score (nSPS) is 10.6. The highest BCUT2D eigenvalue weighted by atomic mass is 35.5. The number of amides is 2. The van der Waals surface area contributed by atoms with Crippen LogP contribution >= 0.6 is 23.2 Å². The number of hydrogen-bond donors (Lipinski definition) is 1. The molecule has 0 atom stereocenters. The van der Waals surface area contributed by atoms with Gasteiger partial charge in [-0.25, -0.2) is 14.5 Å². The fraction of sp³-hybridized carbons (Fsp3) is 0.167. The van der Waals surface area contributed by atoms with E-state index in [-0.39, 0.29) is 6.03 Å². The van der Waals surface area contributed by atoms with Gasteiger partial charge in [0.25, 0.3) is 0 Å². The average Bonchev–Trinajstić information content (AvgIpc) is 3.18. The van der Waals surface area contributed by atoms with Gasteiger partial charge in [-0.3, -0.25) is 0 Å². The maximum atomic E-state index is 12.3. The van der Waals surface area contributed by atoms with Crippen LogP contribution in [0.15, 0.2) is 55.0 Å². The largest absolute Gasteiger partial charge is 0.334 e. The molecule has 0 saturated carbocycles. The van der Waals surface area contributed by atoms with Crippen LogP contribution < -0.4 is 5.32 Å². The third-order valence-electron chi connectivity index (χ3n) is 3.78. The predicted molar refractivity (Wildman–Crippen MR) is 102 cm³/mol. The van der Waals surface area contributed by atoms with Crippen LogP contribution in [-0.2, 0) is 13.1 Å². The molecular formula is C18H17Cl2N5O. The second-order valence-electron chi connectivity index (χ2n) is 5.70. The van der Waals surface area contributed by atoms with Gasteiger partial charge in [-0.2, -0.15) is 5.10 Å². The Kier molecular flexibility index (Phi) is 5.75. The number of nitrogens with zero attached hydrogens (tertiary/aromatic N) is 4. The third kappa shape index (κ3) is 4.33. The number of pyridine rings is 1. The van der Waals surface area contributed by atoms with E-state index in [4.69, 9.17) is 23.2 Å². The molecule has 3 aromatic rings. The van der Waals surface area contributed by atoms with Gasteiger partial charge in [-0.15, -0.1) is 0 Å². The smallest absolute Gasteiger partial charge is 0.317 e. The van der Waals surface area contributed by atoms with Crippen molar-refractivity contribution >= 4 is 29.2 Å². The Balaban J connectivity index is 1.55. The zero-order valence-electron chi connectivity index (χ0n) is 14.1. The summed E-state index contributed by atoms with van der Waals surface area (Å²) in [5, 5.41) is 7.92. The quantitative estimate of drug-likeness (QED) is 0.719. The standard InChI is InChI=1S/C18H17Cl2N5O/c1-24(12-14-4-2-5-15(19)17(14)20)18(26)22-11-13-6-7-16(21-10-13)25-9-3-8-23-25/h2-10H,11-12H2,1H3,(H,22,26). The monoisotopic (exact) mass is 389 g/mol. The second-order valence-corrected chi connectivity index (χ2v) is 6.49. The van der Waals surface area contributed by atoms with Crippen molar-refractivity contribution in [3.05, 3.63) is 76.2 Å². The minimum absolute atomic E-state index is 0.211. The number of halogens is 2. The van der Waals surface area contributed by atoms with Crippen molar-refractivity contribution in [2.45, 2.75) is 13.1 Å². The SMILES string of the molecule is CN(Cc1cccc(Cl)c1Cl)C(=O)NCc1ccc(-n2cccn2)nc1. The maximum absolute atomic E-state index is 12.3. The number of aromatic nitrogens is 3. The highest BCUT2D eigenvalue weighted by Gasteiger charge is 2.12. The Morgan fingerprint density at radius 3 is 2.77 bits per heavy atom. The first-order valence-electron chi connectivity index (χ1n) is 7.91. The van der Waals surface area contributed by atoms with E-state index in [1.54, 1.807) is 35.1 Å². The molecule has 1 aromatic carbocycles. The molecule has 0 aliphatic carbocycles. The van der Waals surface area contributed by atoms with Gasteiger partial charge in [0.1, 0.15) is 0 Å². The maximum Gasteiger partial charge on any atom is 0.317 e. The van der Waals surface area contributed by atoms with Gasteiger partial charge in [0.2, 0.25) is 0 Å². The molecule has 1 N–H and O–H groups in total. The summed E-state index contributed by atoms with van der Waals surface area (Å²) in [5.74, 6) is 0.720. The first-order valence-corrected chi connectivity index (χ1v) is 8.67. The van der Waals surface area contributed by atoms with E-state index in [1.165, 1.54) is 0 Å². The van der Waals surface area contributed by atoms with Gasteiger partial charge in [0.05, 0.1) is 10.0 Å². The van der Waals surface area contributed by atoms with Crippen LogP contribution in [0.2, 0.25) is 10.0 Å². The number of benzene rings is 1. The van der Waals surface area contributed by atoms with Crippen LogP contribution in [0.25, 0.3) is 5.82 Å².